The second kappa shape index (κ2) is 7.59. The fraction of sp³-hybridized carbons (Fsp3) is 0.238. The summed E-state index contributed by atoms with van der Waals surface area (Å²) in [6, 6.07) is 18.8. The van der Waals surface area contributed by atoms with Gasteiger partial charge in [0.2, 0.25) is 0 Å². The molecular formula is C21H21N3O3S. The first-order chi connectivity index (χ1) is 13.5. The average Bonchev–Trinajstić information content (AvgIpc) is 3.33. The molecule has 2 heterocycles. The summed E-state index contributed by atoms with van der Waals surface area (Å²) in [4.78, 5) is 19.3. The van der Waals surface area contributed by atoms with E-state index in [4.69, 9.17) is 0 Å². The van der Waals surface area contributed by atoms with Crippen LogP contribution in [0.4, 0.5) is 0 Å². The molecule has 28 heavy (non-hydrogen) atoms. The molecule has 1 saturated heterocycles. The molecule has 1 aliphatic rings. The molecule has 7 heteroatoms. The number of imidazole rings is 1. The largest absolute Gasteiger partial charge is 0.329 e. The fourth-order valence-electron chi connectivity index (χ4n) is 3.56. The van der Waals surface area contributed by atoms with E-state index < -0.39 is 9.84 Å². The minimum absolute atomic E-state index is 0.00501. The average molecular weight is 395 g/mol. The number of hydrogen-bond acceptors (Lipinski definition) is 4. The van der Waals surface area contributed by atoms with Crippen LogP contribution in [0, 0.1) is 0 Å². The molecule has 1 aromatic heterocycles. The molecule has 0 N–H and O–H groups in total. The maximum atomic E-state index is 13.5. The molecule has 0 saturated carbocycles. The van der Waals surface area contributed by atoms with Crippen molar-refractivity contribution in [2.24, 2.45) is 0 Å². The summed E-state index contributed by atoms with van der Waals surface area (Å²) < 4.78 is 25.8. The zero-order valence-corrected chi connectivity index (χ0v) is 16.1. The zero-order chi connectivity index (χ0) is 19.6. The number of carbonyl (C=O) groups excluding carboxylic acids is 1. The number of carbonyl (C=O) groups is 1. The molecular weight excluding hydrogens is 374 g/mol. The van der Waals surface area contributed by atoms with Crippen molar-refractivity contribution < 1.29 is 13.2 Å². The Hall–Kier alpha value is -2.93. The molecule has 6 nitrogen and oxygen atoms in total. The summed E-state index contributed by atoms with van der Waals surface area (Å²) in [5.74, 6) is -0.0912. The highest BCUT2D eigenvalue weighted by atomic mass is 32.2. The van der Waals surface area contributed by atoms with Gasteiger partial charge in [-0.1, -0.05) is 48.5 Å². The van der Waals surface area contributed by atoms with Gasteiger partial charge < -0.3 is 4.90 Å². The minimum Gasteiger partial charge on any atom is -0.329 e. The van der Waals surface area contributed by atoms with Crippen molar-refractivity contribution in [3.8, 4) is 5.69 Å². The Bertz CT molecular complexity index is 1060. The van der Waals surface area contributed by atoms with Gasteiger partial charge in [0.25, 0.3) is 5.91 Å². The van der Waals surface area contributed by atoms with Gasteiger partial charge >= 0.3 is 0 Å². The third kappa shape index (κ3) is 3.84. The van der Waals surface area contributed by atoms with Gasteiger partial charge in [0.1, 0.15) is 5.69 Å². The third-order valence-corrected chi connectivity index (χ3v) is 6.75. The molecule has 2 aromatic carbocycles. The molecule has 1 fully saturated rings. The summed E-state index contributed by atoms with van der Waals surface area (Å²) >= 11 is 0. The molecule has 1 aliphatic heterocycles. The van der Waals surface area contributed by atoms with E-state index >= 15 is 0 Å². The first-order valence-electron chi connectivity index (χ1n) is 9.16. The first-order valence-corrected chi connectivity index (χ1v) is 11.0. The van der Waals surface area contributed by atoms with Crippen molar-refractivity contribution >= 4 is 15.7 Å². The Morgan fingerprint density at radius 1 is 1.07 bits per heavy atom. The standard InChI is InChI=1S/C21H21N3O3S/c25-21(20-13-22-16-24(20)18-9-5-2-6-10-18)23(14-17-7-3-1-4-8-17)19-11-12-28(26,27)15-19/h1-10,13,16,19H,11-12,14-15H2. The van der Waals surface area contributed by atoms with Crippen LogP contribution in [0.15, 0.2) is 73.2 Å². The molecule has 144 valence electrons. The minimum atomic E-state index is -3.11. The summed E-state index contributed by atoms with van der Waals surface area (Å²) in [6.45, 7) is 0.361. The van der Waals surface area contributed by atoms with E-state index in [1.165, 1.54) is 6.20 Å². The van der Waals surface area contributed by atoms with E-state index in [2.05, 4.69) is 4.98 Å². The zero-order valence-electron chi connectivity index (χ0n) is 15.3. The van der Waals surface area contributed by atoms with E-state index in [0.717, 1.165) is 11.3 Å². The topological polar surface area (TPSA) is 72.3 Å². The number of rotatable bonds is 5. The monoisotopic (exact) mass is 395 g/mol. The second-order valence-electron chi connectivity index (χ2n) is 6.96. The van der Waals surface area contributed by atoms with Crippen LogP contribution < -0.4 is 0 Å². The van der Waals surface area contributed by atoms with E-state index in [-0.39, 0.29) is 23.5 Å². The maximum Gasteiger partial charge on any atom is 0.273 e. The van der Waals surface area contributed by atoms with Gasteiger partial charge in [-0.05, 0) is 24.1 Å². The van der Waals surface area contributed by atoms with Crippen LogP contribution in [-0.4, -0.2) is 46.3 Å². The summed E-state index contributed by atoms with van der Waals surface area (Å²) in [5.41, 5.74) is 2.22. The van der Waals surface area contributed by atoms with Gasteiger partial charge in [0, 0.05) is 18.3 Å². The molecule has 3 aromatic rings. The number of amides is 1. The van der Waals surface area contributed by atoms with Crippen LogP contribution >= 0.6 is 0 Å². The van der Waals surface area contributed by atoms with Crippen molar-refractivity contribution in [2.45, 2.75) is 19.0 Å². The van der Waals surface area contributed by atoms with E-state index in [1.807, 2.05) is 60.7 Å². The molecule has 4 rings (SSSR count). The number of aromatic nitrogens is 2. The number of nitrogens with zero attached hydrogens (tertiary/aromatic N) is 3. The van der Waals surface area contributed by atoms with Crippen LogP contribution in [0.3, 0.4) is 0 Å². The predicted molar refractivity (Wildman–Crippen MR) is 107 cm³/mol. The Balaban J connectivity index is 1.69. The maximum absolute atomic E-state index is 13.5. The second-order valence-corrected chi connectivity index (χ2v) is 9.19. The van der Waals surface area contributed by atoms with Gasteiger partial charge in [0.05, 0.1) is 24.0 Å². The summed E-state index contributed by atoms with van der Waals surface area (Å²) in [6.07, 6.45) is 3.60. The molecule has 1 atom stereocenters. The van der Waals surface area contributed by atoms with E-state index in [0.29, 0.717) is 18.7 Å². The Morgan fingerprint density at radius 3 is 2.39 bits per heavy atom. The lowest BCUT2D eigenvalue weighted by Gasteiger charge is -2.28. The van der Waals surface area contributed by atoms with Crippen molar-refractivity contribution in [2.75, 3.05) is 11.5 Å². The molecule has 1 unspecified atom stereocenters. The normalized spacial score (nSPS) is 18.1. The Kier molecular flexibility index (Phi) is 5.00. The first kappa shape index (κ1) is 18.4. The summed E-state index contributed by atoms with van der Waals surface area (Å²) in [7, 11) is -3.11. The number of sulfone groups is 1. The smallest absolute Gasteiger partial charge is 0.273 e. The molecule has 1 amide bonds. The van der Waals surface area contributed by atoms with Crippen molar-refractivity contribution in [3.05, 3.63) is 84.4 Å². The van der Waals surface area contributed by atoms with E-state index in [1.54, 1.807) is 15.8 Å². The quantitative estimate of drug-likeness (QED) is 0.666. The van der Waals surface area contributed by atoms with Gasteiger partial charge in [-0.15, -0.1) is 0 Å². The number of benzene rings is 2. The van der Waals surface area contributed by atoms with Crippen LogP contribution in [0.1, 0.15) is 22.5 Å². The lowest BCUT2D eigenvalue weighted by atomic mass is 10.1. The van der Waals surface area contributed by atoms with Crippen LogP contribution in [0.5, 0.6) is 0 Å². The SMILES string of the molecule is O=C(c1cncn1-c1ccccc1)N(Cc1ccccc1)C1CCS(=O)(=O)C1. The third-order valence-electron chi connectivity index (χ3n) is 5.00. The van der Waals surface area contributed by atoms with Crippen LogP contribution in [0.2, 0.25) is 0 Å². The van der Waals surface area contributed by atoms with Gasteiger partial charge in [0.15, 0.2) is 9.84 Å². The lowest BCUT2D eigenvalue weighted by Crippen LogP contribution is -2.41. The Labute approximate surface area is 164 Å². The van der Waals surface area contributed by atoms with Crippen LogP contribution in [0.25, 0.3) is 5.69 Å². The van der Waals surface area contributed by atoms with Gasteiger partial charge in [-0.25, -0.2) is 13.4 Å². The highest BCUT2D eigenvalue weighted by molar-refractivity contribution is 7.91. The van der Waals surface area contributed by atoms with Gasteiger partial charge in [-0.3, -0.25) is 9.36 Å². The molecule has 0 spiro atoms. The highest BCUT2D eigenvalue weighted by Crippen LogP contribution is 2.23. The lowest BCUT2D eigenvalue weighted by molar-refractivity contribution is 0.0672. The van der Waals surface area contributed by atoms with Gasteiger partial charge in [-0.2, -0.15) is 0 Å². The molecule has 0 bridgehead atoms. The van der Waals surface area contributed by atoms with Crippen molar-refractivity contribution in [3.63, 3.8) is 0 Å². The molecule has 0 aliphatic carbocycles. The van der Waals surface area contributed by atoms with Crippen molar-refractivity contribution in [1.82, 2.24) is 14.5 Å². The highest BCUT2D eigenvalue weighted by Gasteiger charge is 2.36. The number of hydrogen-bond donors (Lipinski definition) is 0. The number of para-hydroxylation sites is 1. The van der Waals surface area contributed by atoms with Crippen molar-refractivity contribution in [1.29, 1.82) is 0 Å². The predicted octanol–water partition coefficient (Wildman–Crippen LogP) is 2.70. The summed E-state index contributed by atoms with van der Waals surface area (Å²) in [5, 5.41) is 0. The fourth-order valence-corrected chi connectivity index (χ4v) is 5.29. The van der Waals surface area contributed by atoms with Crippen LogP contribution in [-0.2, 0) is 16.4 Å². The molecule has 0 radical (unpaired) electrons. The van der Waals surface area contributed by atoms with E-state index in [9.17, 15) is 13.2 Å². The Morgan fingerprint density at radius 2 is 1.75 bits per heavy atom.